The number of carboxylic acids is 1. The summed E-state index contributed by atoms with van der Waals surface area (Å²) in [5, 5.41) is 12.3. The molecule has 1 fully saturated rings. The molecule has 1 aliphatic heterocycles. The van der Waals surface area contributed by atoms with Crippen LogP contribution in [0.25, 0.3) is 11.1 Å². The molecule has 2 aliphatic rings. The van der Waals surface area contributed by atoms with E-state index in [-0.39, 0.29) is 24.9 Å². The number of nitrogens with one attached hydrogen (secondary N) is 1. The third-order valence-electron chi connectivity index (χ3n) is 6.80. The number of aliphatic carboxylic acids is 1. The molecule has 2 atom stereocenters. The third kappa shape index (κ3) is 5.24. The molecular formula is C27H32N2O5. The first-order valence-corrected chi connectivity index (χ1v) is 12.1. The van der Waals surface area contributed by atoms with E-state index in [1.807, 2.05) is 24.3 Å². The number of carbonyl (C=O) groups excluding carboxylic acids is 2. The lowest BCUT2D eigenvalue weighted by molar-refractivity contribution is -0.151. The topological polar surface area (TPSA) is 95.9 Å². The van der Waals surface area contributed by atoms with Gasteiger partial charge in [-0.25, -0.2) is 9.59 Å². The Morgan fingerprint density at radius 2 is 1.62 bits per heavy atom. The quantitative estimate of drug-likeness (QED) is 0.654. The zero-order valence-corrected chi connectivity index (χ0v) is 19.5. The average Bonchev–Trinajstić information content (AvgIpc) is 3.11. The number of likely N-dealkylation sites (tertiary alicyclic amines) is 1. The zero-order valence-electron chi connectivity index (χ0n) is 19.5. The van der Waals surface area contributed by atoms with Crippen molar-refractivity contribution in [3.63, 3.8) is 0 Å². The lowest BCUT2D eigenvalue weighted by atomic mass is 9.98. The van der Waals surface area contributed by atoms with Gasteiger partial charge in [0.15, 0.2) is 0 Å². The van der Waals surface area contributed by atoms with E-state index in [0.717, 1.165) is 47.9 Å². The maximum absolute atomic E-state index is 12.9. The van der Waals surface area contributed by atoms with Crippen LogP contribution in [0.15, 0.2) is 48.5 Å². The Hall–Kier alpha value is -3.35. The van der Waals surface area contributed by atoms with Crippen molar-refractivity contribution in [1.29, 1.82) is 0 Å². The van der Waals surface area contributed by atoms with Crippen LogP contribution in [0.4, 0.5) is 4.79 Å². The summed E-state index contributed by atoms with van der Waals surface area (Å²) in [6.45, 7) is 2.38. The first kappa shape index (κ1) is 23.8. The van der Waals surface area contributed by atoms with E-state index in [0.29, 0.717) is 13.0 Å². The number of hydrogen-bond donors (Lipinski definition) is 2. The Kier molecular flexibility index (Phi) is 7.50. The Balaban J connectivity index is 1.33. The Labute approximate surface area is 200 Å². The summed E-state index contributed by atoms with van der Waals surface area (Å²) in [6.07, 6.45) is 3.50. The van der Waals surface area contributed by atoms with Crippen LogP contribution in [0.2, 0.25) is 0 Å². The van der Waals surface area contributed by atoms with Crippen molar-refractivity contribution in [2.75, 3.05) is 13.2 Å². The lowest BCUT2D eigenvalue weighted by Crippen LogP contribution is -2.48. The maximum atomic E-state index is 12.9. The van der Waals surface area contributed by atoms with Crippen LogP contribution in [0, 0.1) is 0 Å². The second-order valence-corrected chi connectivity index (χ2v) is 9.22. The van der Waals surface area contributed by atoms with Gasteiger partial charge in [-0.15, -0.1) is 0 Å². The molecule has 2 aromatic rings. The summed E-state index contributed by atoms with van der Waals surface area (Å²) >= 11 is 0. The van der Waals surface area contributed by atoms with Gasteiger partial charge in [-0.3, -0.25) is 4.79 Å². The molecule has 34 heavy (non-hydrogen) atoms. The number of hydrogen-bond acceptors (Lipinski definition) is 4. The van der Waals surface area contributed by atoms with Crippen LogP contribution in [0.5, 0.6) is 0 Å². The highest BCUT2D eigenvalue weighted by molar-refractivity contribution is 5.84. The van der Waals surface area contributed by atoms with Gasteiger partial charge in [-0.1, -0.05) is 67.8 Å². The number of fused-ring (bicyclic) bond motifs is 3. The molecule has 180 valence electrons. The van der Waals surface area contributed by atoms with E-state index in [1.54, 1.807) is 6.92 Å². The molecule has 7 heteroatoms. The van der Waals surface area contributed by atoms with Crippen LogP contribution in [-0.2, 0) is 14.3 Å². The van der Waals surface area contributed by atoms with Crippen LogP contribution >= 0.6 is 0 Å². The molecule has 2 N–H and O–H groups in total. The van der Waals surface area contributed by atoms with Gasteiger partial charge in [-0.05, 0) is 42.0 Å². The monoisotopic (exact) mass is 464 g/mol. The van der Waals surface area contributed by atoms with Crippen LogP contribution in [0.1, 0.15) is 62.5 Å². The minimum Gasteiger partial charge on any atom is -0.480 e. The molecule has 0 bridgehead atoms. The fourth-order valence-electron chi connectivity index (χ4n) is 5.11. The molecule has 1 heterocycles. The van der Waals surface area contributed by atoms with Crippen molar-refractivity contribution in [2.45, 2.75) is 63.5 Å². The molecule has 2 amide bonds. The minimum atomic E-state index is -0.965. The van der Waals surface area contributed by atoms with Gasteiger partial charge in [0.2, 0.25) is 5.91 Å². The van der Waals surface area contributed by atoms with Crippen molar-refractivity contribution in [1.82, 2.24) is 10.2 Å². The number of amides is 2. The van der Waals surface area contributed by atoms with Crippen molar-refractivity contribution in [2.24, 2.45) is 0 Å². The maximum Gasteiger partial charge on any atom is 0.407 e. The fourth-order valence-corrected chi connectivity index (χ4v) is 5.11. The molecule has 0 saturated carbocycles. The van der Waals surface area contributed by atoms with Crippen molar-refractivity contribution < 1.29 is 24.2 Å². The summed E-state index contributed by atoms with van der Waals surface area (Å²) < 4.78 is 5.56. The lowest BCUT2D eigenvalue weighted by Gasteiger charge is -2.31. The first-order chi connectivity index (χ1) is 16.5. The second-order valence-electron chi connectivity index (χ2n) is 9.22. The van der Waals surface area contributed by atoms with E-state index >= 15 is 0 Å². The molecule has 0 aromatic heterocycles. The van der Waals surface area contributed by atoms with Crippen LogP contribution < -0.4 is 5.32 Å². The normalized spacial score (nSPS) is 18.7. The highest BCUT2D eigenvalue weighted by Crippen LogP contribution is 2.44. The molecule has 7 nitrogen and oxygen atoms in total. The summed E-state index contributed by atoms with van der Waals surface area (Å²) in [4.78, 5) is 38.6. The smallest absolute Gasteiger partial charge is 0.407 e. The highest BCUT2D eigenvalue weighted by atomic mass is 16.5. The first-order valence-electron chi connectivity index (χ1n) is 12.1. The largest absolute Gasteiger partial charge is 0.480 e. The summed E-state index contributed by atoms with van der Waals surface area (Å²) in [5.41, 5.74) is 4.59. The summed E-state index contributed by atoms with van der Waals surface area (Å²) in [6, 6.07) is 15.0. The number of alkyl carbamates (subject to hydrolysis) is 1. The number of rotatable bonds is 6. The van der Waals surface area contributed by atoms with Crippen molar-refractivity contribution >= 4 is 18.0 Å². The van der Waals surface area contributed by atoms with E-state index in [4.69, 9.17) is 4.74 Å². The second kappa shape index (κ2) is 10.7. The van der Waals surface area contributed by atoms with Gasteiger partial charge >= 0.3 is 12.1 Å². The van der Waals surface area contributed by atoms with Crippen LogP contribution in [-0.4, -0.2) is 53.2 Å². The number of benzene rings is 2. The van der Waals surface area contributed by atoms with E-state index < -0.39 is 24.1 Å². The van der Waals surface area contributed by atoms with Gasteiger partial charge < -0.3 is 20.1 Å². The molecule has 1 saturated heterocycles. The van der Waals surface area contributed by atoms with Crippen molar-refractivity contribution in [3.05, 3.63) is 59.7 Å². The van der Waals surface area contributed by atoms with Gasteiger partial charge in [0, 0.05) is 24.9 Å². The van der Waals surface area contributed by atoms with Crippen LogP contribution in [0.3, 0.4) is 0 Å². The molecule has 0 radical (unpaired) electrons. The molecule has 2 unspecified atom stereocenters. The summed E-state index contributed by atoms with van der Waals surface area (Å²) in [7, 11) is 0. The number of nitrogens with zero attached hydrogens (tertiary/aromatic N) is 1. The molecule has 1 aliphatic carbocycles. The van der Waals surface area contributed by atoms with E-state index in [1.165, 1.54) is 4.90 Å². The Morgan fingerprint density at radius 3 is 2.26 bits per heavy atom. The van der Waals surface area contributed by atoms with Crippen molar-refractivity contribution in [3.8, 4) is 11.1 Å². The van der Waals surface area contributed by atoms with Gasteiger partial charge in [0.25, 0.3) is 0 Å². The van der Waals surface area contributed by atoms with Gasteiger partial charge in [-0.2, -0.15) is 0 Å². The zero-order chi connectivity index (χ0) is 24.1. The highest BCUT2D eigenvalue weighted by Gasteiger charge is 2.32. The molecule has 4 rings (SSSR count). The van der Waals surface area contributed by atoms with Gasteiger partial charge in [0.1, 0.15) is 12.6 Å². The predicted octanol–water partition coefficient (Wildman–Crippen LogP) is 4.55. The number of ether oxygens (including phenoxy) is 1. The van der Waals surface area contributed by atoms with E-state index in [2.05, 4.69) is 29.6 Å². The Morgan fingerprint density at radius 1 is 1.00 bits per heavy atom. The minimum absolute atomic E-state index is 0.0348. The number of carbonyl (C=O) groups is 3. The standard InChI is InChI=1S/C27H32N2O5/c1-18(16-25(30)29-15-9-3-2-4-14-24(29)26(31)32)28-27(33)34-17-23-21-12-7-5-10-19(21)20-11-6-8-13-22(20)23/h5-8,10-13,18,23-24H,2-4,9,14-17H2,1H3,(H,28,33)(H,31,32). The third-order valence-corrected chi connectivity index (χ3v) is 6.80. The average molecular weight is 465 g/mol. The van der Waals surface area contributed by atoms with E-state index in [9.17, 15) is 19.5 Å². The summed E-state index contributed by atoms with van der Waals surface area (Å²) in [5.74, 6) is -1.25. The SMILES string of the molecule is CC(CC(=O)N1CCCCCCC1C(=O)O)NC(=O)OCC1c2ccccc2-c2ccccc21. The predicted molar refractivity (Wildman–Crippen MR) is 129 cm³/mol. The molecular weight excluding hydrogens is 432 g/mol. The fraction of sp³-hybridized carbons (Fsp3) is 0.444. The molecule has 0 spiro atoms. The number of carboxylic acid groups (broad SMARTS) is 1. The Bertz CT molecular complexity index is 1010. The van der Waals surface area contributed by atoms with Gasteiger partial charge in [0.05, 0.1) is 0 Å². The molecule has 2 aromatic carbocycles.